The first-order valence-electron chi connectivity index (χ1n) is 7.16. The van der Waals surface area contributed by atoms with E-state index in [1.54, 1.807) is 4.90 Å². The molecule has 0 unspecified atom stereocenters. The zero-order valence-electron chi connectivity index (χ0n) is 14.4. The highest BCUT2D eigenvalue weighted by Crippen LogP contribution is 2.34. The topological polar surface area (TPSA) is 38.8 Å². The van der Waals surface area contributed by atoms with Crippen LogP contribution < -0.4 is 4.74 Å². The van der Waals surface area contributed by atoms with E-state index in [1.807, 2.05) is 33.2 Å². The second kappa shape index (κ2) is 7.09. The molecule has 5 heteroatoms. The van der Waals surface area contributed by atoms with Gasteiger partial charge in [0.25, 0.3) is 5.17 Å². The highest BCUT2D eigenvalue weighted by Gasteiger charge is 2.22. The number of aryl methyl sites for hydroxylation is 1. The first-order valence-corrected chi connectivity index (χ1v) is 7.57. The summed E-state index contributed by atoms with van der Waals surface area (Å²) >= 11 is 5.24. The smallest absolute Gasteiger partial charge is 0.309 e. The molecule has 0 spiro atoms. The molecular weight excluding hydrogens is 298 g/mol. The summed E-state index contributed by atoms with van der Waals surface area (Å²) in [4.78, 5) is 13.3. The van der Waals surface area contributed by atoms with E-state index in [-0.39, 0.29) is 17.8 Å². The molecular formula is C17H25NO3S. The number of hydrogen-bond donors (Lipinski definition) is 0. The van der Waals surface area contributed by atoms with Gasteiger partial charge in [0.1, 0.15) is 5.75 Å². The minimum Gasteiger partial charge on any atom is -0.469 e. The molecule has 4 nitrogen and oxygen atoms in total. The van der Waals surface area contributed by atoms with Crippen LogP contribution in [0.15, 0.2) is 12.1 Å². The van der Waals surface area contributed by atoms with E-state index in [9.17, 15) is 4.79 Å². The quantitative estimate of drug-likeness (QED) is 0.631. The lowest BCUT2D eigenvalue weighted by atomic mass is 9.84. The van der Waals surface area contributed by atoms with Gasteiger partial charge in [0.05, 0.1) is 13.5 Å². The van der Waals surface area contributed by atoms with Gasteiger partial charge in [-0.3, -0.25) is 4.79 Å². The van der Waals surface area contributed by atoms with Crippen LogP contribution in [0.3, 0.4) is 0 Å². The number of esters is 1. The van der Waals surface area contributed by atoms with Crippen molar-refractivity contribution in [1.82, 2.24) is 4.90 Å². The van der Waals surface area contributed by atoms with Crippen LogP contribution in [0.1, 0.15) is 37.5 Å². The van der Waals surface area contributed by atoms with Crippen molar-refractivity contribution in [2.24, 2.45) is 0 Å². The van der Waals surface area contributed by atoms with Crippen LogP contribution in [0.4, 0.5) is 0 Å². The van der Waals surface area contributed by atoms with Crippen LogP contribution in [0.2, 0.25) is 0 Å². The van der Waals surface area contributed by atoms with Crippen LogP contribution in [0.5, 0.6) is 5.75 Å². The van der Waals surface area contributed by atoms with E-state index in [1.165, 1.54) is 7.11 Å². The number of benzene rings is 1. The van der Waals surface area contributed by atoms with E-state index < -0.39 is 0 Å². The summed E-state index contributed by atoms with van der Waals surface area (Å²) in [7, 11) is 5.09. The molecule has 0 aliphatic heterocycles. The number of ether oxygens (including phenoxy) is 2. The lowest BCUT2D eigenvalue weighted by Crippen LogP contribution is -2.26. The van der Waals surface area contributed by atoms with E-state index in [2.05, 4.69) is 20.8 Å². The Morgan fingerprint density at radius 1 is 1.27 bits per heavy atom. The molecule has 0 N–H and O–H groups in total. The molecule has 0 aromatic heterocycles. The molecule has 0 saturated heterocycles. The van der Waals surface area contributed by atoms with Gasteiger partial charge in [-0.05, 0) is 41.7 Å². The van der Waals surface area contributed by atoms with Crippen molar-refractivity contribution in [2.45, 2.75) is 39.5 Å². The average molecular weight is 323 g/mol. The van der Waals surface area contributed by atoms with Crippen molar-refractivity contribution in [1.29, 1.82) is 0 Å². The summed E-state index contributed by atoms with van der Waals surface area (Å²) in [5, 5.41) is 0.408. The summed E-state index contributed by atoms with van der Waals surface area (Å²) < 4.78 is 10.6. The molecule has 0 aliphatic rings. The van der Waals surface area contributed by atoms with Gasteiger partial charge < -0.3 is 14.4 Å². The number of carbonyl (C=O) groups is 1. The molecule has 122 valence electrons. The first-order chi connectivity index (χ1) is 10.1. The number of rotatable bonds is 3. The van der Waals surface area contributed by atoms with Crippen LogP contribution in [-0.2, 0) is 21.4 Å². The number of carbonyl (C=O) groups excluding carboxylic acids is 1. The lowest BCUT2D eigenvalue weighted by Gasteiger charge is -2.25. The van der Waals surface area contributed by atoms with E-state index in [0.29, 0.717) is 5.17 Å². The summed E-state index contributed by atoms with van der Waals surface area (Å²) in [5.41, 5.74) is 2.81. The standard InChI is InChI=1S/C17H25NO3S/c1-11-8-14(21-16(22)18(5)6)13(17(2,3)4)9-12(11)10-15(19)20-7/h8-9H,10H2,1-7H3. The molecule has 0 fully saturated rings. The zero-order chi connectivity index (χ0) is 17.1. The molecule has 0 atom stereocenters. The zero-order valence-corrected chi connectivity index (χ0v) is 15.3. The highest BCUT2D eigenvalue weighted by atomic mass is 32.1. The molecule has 22 heavy (non-hydrogen) atoms. The minimum atomic E-state index is -0.250. The molecule has 1 aromatic carbocycles. The SMILES string of the molecule is COC(=O)Cc1cc(C(C)(C)C)c(OC(=S)N(C)C)cc1C. The third-order valence-corrected chi connectivity index (χ3v) is 3.82. The Kier molecular flexibility index (Phi) is 5.94. The van der Waals surface area contributed by atoms with Crippen LogP contribution >= 0.6 is 12.2 Å². The van der Waals surface area contributed by atoms with Crippen LogP contribution in [0, 0.1) is 6.92 Å². The van der Waals surface area contributed by atoms with Gasteiger partial charge in [-0.15, -0.1) is 0 Å². The van der Waals surface area contributed by atoms with Gasteiger partial charge in [0, 0.05) is 19.7 Å². The van der Waals surface area contributed by atoms with Crippen LogP contribution in [0.25, 0.3) is 0 Å². The molecule has 0 aliphatic carbocycles. The van der Waals surface area contributed by atoms with Gasteiger partial charge in [0.15, 0.2) is 0 Å². The largest absolute Gasteiger partial charge is 0.469 e. The predicted octanol–water partition coefficient (Wildman–Crippen LogP) is 3.23. The summed E-state index contributed by atoms with van der Waals surface area (Å²) in [5.74, 6) is 0.484. The average Bonchev–Trinajstić information content (AvgIpc) is 2.39. The van der Waals surface area contributed by atoms with Gasteiger partial charge >= 0.3 is 5.97 Å². The van der Waals surface area contributed by atoms with Crippen molar-refractivity contribution >= 4 is 23.4 Å². The van der Waals surface area contributed by atoms with Crippen LogP contribution in [-0.4, -0.2) is 37.2 Å². The maximum absolute atomic E-state index is 11.6. The normalized spacial score (nSPS) is 11.0. The Bertz CT molecular complexity index is 574. The fraction of sp³-hybridized carbons (Fsp3) is 0.529. The molecule has 1 aromatic rings. The van der Waals surface area contributed by atoms with Crippen molar-refractivity contribution in [3.05, 3.63) is 28.8 Å². The molecule has 0 saturated carbocycles. The second-order valence-corrected chi connectivity index (χ2v) is 6.89. The Balaban J connectivity index is 3.30. The fourth-order valence-corrected chi connectivity index (χ4v) is 2.09. The van der Waals surface area contributed by atoms with Crippen molar-refractivity contribution in [2.75, 3.05) is 21.2 Å². The number of nitrogens with zero attached hydrogens (tertiary/aromatic N) is 1. The van der Waals surface area contributed by atoms with Crippen molar-refractivity contribution in [3.63, 3.8) is 0 Å². The fourth-order valence-electron chi connectivity index (χ4n) is 2.00. The molecule has 0 radical (unpaired) electrons. The Labute approximate surface area is 138 Å². The highest BCUT2D eigenvalue weighted by molar-refractivity contribution is 7.80. The third kappa shape index (κ3) is 4.70. The maximum Gasteiger partial charge on any atom is 0.309 e. The van der Waals surface area contributed by atoms with E-state index >= 15 is 0 Å². The van der Waals surface area contributed by atoms with Crippen molar-refractivity contribution in [3.8, 4) is 5.75 Å². The number of thiocarbonyl (C=S) groups is 1. The molecule has 0 amide bonds. The van der Waals surface area contributed by atoms with E-state index in [0.717, 1.165) is 22.4 Å². The predicted molar refractivity (Wildman–Crippen MR) is 92.5 cm³/mol. The lowest BCUT2D eigenvalue weighted by molar-refractivity contribution is -0.139. The molecule has 0 heterocycles. The van der Waals surface area contributed by atoms with Gasteiger partial charge in [-0.25, -0.2) is 0 Å². The minimum absolute atomic E-state index is 0.129. The Morgan fingerprint density at radius 2 is 1.86 bits per heavy atom. The van der Waals surface area contributed by atoms with Gasteiger partial charge in [-0.2, -0.15) is 0 Å². The van der Waals surface area contributed by atoms with Crippen molar-refractivity contribution < 1.29 is 14.3 Å². The number of hydrogen-bond acceptors (Lipinski definition) is 4. The summed E-state index contributed by atoms with van der Waals surface area (Å²) in [6.45, 7) is 8.26. The number of methoxy groups -OCH3 is 1. The van der Waals surface area contributed by atoms with Gasteiger partial charge in [-0.1, -0.05) is 26.8 Å². The Hall–Kier alpha value is -1.62. The van der Waals surface area contributed by atoms with Gasteiger partial charge in [0.2, 0.25) is 0 Å². The summed E-state index contributed by atoms with van der Waals surface area (Å²) in [6.07, 6.45) is 0.254. The Morgan fingerprint density at radius 3 is 2.32 bits per heavy atom. The summed E-state index contributed by atoms with van der Waals surface area (Å²) in [6, 6.07) is 3.95. The van der Waals surface area contributed by atoms with E-state index in [4.69, 9.17) is 21.7 Å². The monoisotopic (exact) mass is 323 g/mol. The second-order valence-electron chi connectivity index (χ2n) is 6.54. The molecule has 0 bridgehead atoms. The maximum atomic E-state index is 11.6. The molecule has 1 rings (SSSR count). The third-order valence-electron chi connectivity index (χ3n) is 3.37. The first kappa shape index (κ1) is 18.4.